The molecule has 4 aliphatic heterocycles. The number of rotatable bonds is 10. The molecule has 5 aliphatic rings. The summed E-state index contributed by atoms with van der Waals surface area (Å²) in [5.41, 5.74) is 2.56. The lowest BCUT2D eigenvalue weighted by atomic mass is 9.64. The van der Waals surface area contributed by atoms with E-state index in [0.29, 0.717) is 35.5 Å². The van der Waals surface area contributed by atoms with Crippen LogP contribution in [0, 0.1) is 17.8 Å². The number of amides is 3. The summed E-state index contributed by atoms with van der Waals surface area (Å²) in [6.07, 6.45) is 8.87. The number of ether oxygens (including phenoxy) is 4. The van der Waals surface area contributed by atoms with Gasteiger partial charge in [-0.15, -0.1) is 0 Å². The smallest absolute Gasteiger partial charge is 0.421 e. The van der Waals surface area contributed by atoms with E-state index in [1.807, 2.05) is 88.7 Å². The van der Waals surface area contributed by atoms with Crippen LogP contribution in [0.1, 0.15) is 104 Å². The van der Waals surface area contributed by atoms with Crippen molar-refractivity contribution in [2.75, 3.05) is 51.5 Å². The van der Waals surface area contributed by atoms with Crippen molar-refractivity contribution < 1.29 is 43.2 Å². The van der Waals surface area contributed by atoms with Gasteiger partial charge in [0.2, 0.25) is 11.8 Å². The maximum absolute atomic E-state index is 16.5. The Bertz CT molecular complexity index is 2490. The number of hydrogen-bond donors (Lipinski definition) is 1. The number of carbonyl (C=O) groups is 4. The minimum Gasteiger partial charge on any atom is -0.491 e. The third-order valence-electron chi connectivity index (χ3n) is 13.8. The summed E-state index contributed by atoms with van der Waals surface area (Å²) in [4.78, 5) is 67.6. The van der Waals surface area contributed by atoms with E-state index in [1.54, 1.807) is 24.3 Å². The Balaban J connectivity index is 1.35. The molecule has 0 saturated carbocycles. The minimum absolute atomic E-state index is 0.0702. The Hall–Kier alpha value is -6.26. The predicted octanol–water partition coefficient (Wildman–Crippen LogP) is 8.15. The van der Waals surface area contributed by atoms with Crippen LogP contribution >= 0.6 is 0 Å². The van der Waals surface area contributed by atoms with E-state index in [0.717, 1.165) is 79.4 Å². The molecule has 3 amide bonds. The molecule has 66 heavy (non-hydrogen) atoms. The van der Waals surface area contributed by atoms with Gasteiger partial charge in [-0.05, 0) is 96.7 Å². The first-order chi connectivity index (χ1) is 32.4. The van der Waals surface area contributed by atoms with Gasteiger partial charge in [-0.25, -0.2) is 9.69 Å². The summed E-state index contributed by atoms with van der Waals surface area (Å²) in [6.45, 7) is 0.767. The Morgan fingerprint density at radius 2 is 1.48 bits per heavy atom. The molecule has 12 heteroatoms. The third kappa shape index (κ3) is 8.40. The fourth-order valence-electron chi connectivity index (χ4n) is 10.9. The van der Waals surface area contributed by atoms with Crippen LogP contribution in [-0.2, 0) is 34.0 Å². The normalized spacial score (nSPS) is 25.1. The van der Waals surface area contributed by atoms with Crippen molar-refractivity contribution >= 4 is 29.6 Å². The molecule has 6 atom stereocenters. The summed E-state index contributed by atoms with van der Waals surface area (Å²) in [5.74, 6) is 4.20. The van der Waals surface area contributed by atoms with Crippen LogP contribution in [0.5, 0.6) is 5.75 Å². The van der Waals surface area contributed by atoms with Crippen molar-refractivity contribution in [1.82, 2.24) is 9.80 Å². The zero-order valence-electron chi connectivity index (χ0n) is 37.4. The molecule has 1 spiro atoms. The second kappa shape index (κ2) is 20.1. The number of likely N-dealkylation sites (tertiary alicyclic amines) is 1. The van der Waals surface area contributed by atoms with Gasteiger partial charge in [-0.3, -0.25) is 19.3 Å². The van der Waals surface area contributed by atoms with Gasteiger partial charge in [0, 0.05) is 25.8 Å². The number of fused-ring (bicyclic) bond motifs is 3. The quantitative estimate of drug-likeness (QED) is 0.0945. The second-order valence-corrected chi connectivity index (χ2v) is 17.7. The Kier molecular flexibility index (Phi) is 13.7. The molecule has 1 N–H and O–H groups in total. The number of hydrogen-bond acceptors (Lipinski definition) is 10. The lowest BCUT2D eigenvalue weighted by Crippen LogP contribution is -2.56. The van der Waals surface area contributed by atoms with Gasteiger partial charge >= 0.3 is 12.1 Å². The number of esters is 1. The standard InChI is InChI=1S/C54H57N3O9/c1-63-34-35-65-53(62)56-44-29-24-38(23-22-37-16-8-5-9-17-37)36-43(44)54(52(56)61)45(50(59)55-30-14-3-2-4-15-31-55)47-51(60)66-48(40-20-12-7-13-21-40)46(39-18-10-6-11-19-39)57(47)49(54)41-25-27-42(28-26-41)64-33-32-58/h6-7,10-13,16,18-21,24-29,36,45-49,58H,2-5,8-9,14-15,17,30-35H2,1H3/t45-,46-,47-,48+,49+,54-/m0/s1. The average Bonchev–Trinajstić information content (AvgIpc) is 3.79. The number of morpholine rings is 1. The number of methoxy groups -OCH3 is 1. The first-order valence-electron chi connectivity index (χ1n) is 23.4. The largest absolute Gasteiger partial charge is 0.491 e. The third-order valence-corrected chi connectivity index (χ3v) is 13.8. The monoisotopic (exact) mass is 891 g/mol. The van der Waals surface area contributed by atoms with Crippen LogP contribution in [-0.4, -0.2) is 91.5 Å². The van der Waals surface area contributed by atoms with Gasteiger partial charge in [0.15, 0.2) is 0 Å². The van der Waals surface area contributed by atoms with E-state index in [9.17, 15) is 9.90 Å². The highest BCUT2D eigenvalue weighted by Gasteiger charge is 2.76. The number of aliphatic hydroxyl groups is 1. The van der Waals surface area contributed by atoms with E-state index in [-0.39, 0.29) is 38.0 Å². The van der Waals surface area contributed by atoms with Gasteiger partial charge in [0.1, 0.15) is 36.5 Å². The number of nitrogens with zero attached hydrogens (tertiary/aromatic N) is 3. The van der Waals surface area contributed by atoms with Gasteiger partial charge in [0.25, 0.3) is 0 Å². The number of imide groups is 1. The molecule has 0 unspecified atom stereocenters. The molecular weight excluding hydrogens is 835 g/mol. The number of cyclic esters (lactones) is 1. The SMILES string of the molecule is COCCOC(=O)N1C(=O)[C@@]2(c3cc(C#CC4=CCCCC4)ccc31)[C@H](C(=O)N1CCCCCCC1)[C@H]1C(=O)O[C@H](c3ccccc3)[C@H](c3ccccc3)N1[C@@H]2c1ccc(OCCO)cc1. The van der Waals surface area contributed by atoms with Crippen LogP contribution in [0.4, 0.5) is 10.5 Å². The molecule has 4 aromatic carbocycles. The molecule has 1 aliphatic carbocycles. The molecule has 4 aromatic rings. The van der Waals surface area contributed by atoms with Crippen LogP contribution in [0.2, 0.25) is 0 Å². The summed E-state index contributed by atoms with van der Waals surface area (Å²) >= 11 is 0. The summed E-state index contributed by atoms with van der Waals surface area (Å²) in [7, 11) is 1.50. The van der Waals surface area contributed by atoms with Gasteiger partial charge in [-0.1, -0.05) is 110 Å². The molecule has 3 saturated heterocycles. The average molecular weight is 892 g/mol. The molecule has 12 nitrogen and oxygen atoms in total. The summed E-state index contributed by atoms with van der Waals surface area (Å²) in [6, 6.07) is 28.9. The van der Waals surface area contributed by atoms with E-state index < -0.39 is 53.5 Å². The predicted molar refractivity (Wildman–Crippen MR) is 247 cm³/mol. The van der Waals surface area contributed by atoms with Crippen LogP contribution in [0.3, 0.4) is 0 Å². The van der Waals surface area contributed by atoms with E-state index >= 15 is 14.4 Å². The molecular formula is C54H57N3O9. The van der Waals surface area contributed by atoms with Crippen LogP contribution in [0.25, 0.3) is 0 Å². The highest BCUT2D eigenvalue weighted by molar-refractivity contribution is 6.23. The van der Waals surface area contributed by atoms with Gasteiger partial charge < -0.3 is 29.0 Å². The molecule has 342 valence electrons. The maximum Gasteiger partial charge on any atom is 0.421 e. The first kappa shape index (κ1) is 44.9. The molecule has 0 bridgehead atoms. The van der Waals surface area contributed by atoms with E-state index in [2.05, 4.69) is 17.9 Å². The van der Waals surface area contributed by atoms with Crippen LogP contribution in [0.15, 0.2) is 115 Å². The number of allylic oxidation sites excluding steroid dienone is 2. The Morgan fingerprint density at radius 1 is 0.773 bits per heavy atom. The zero-order chi connectivity index (χ0) is 45.6. The minimum atomic E-state index is -1.91. The Labute approximate surface area is 386 Å². The zero-order valence-corrected chi connectivity index (χ0v) is 37.4. The van der Waals surface area contributed by atoms with Crippen LogP contribution < -0.4 is 9.64 Å². The van der Waals surface area contributed by atoms with Crippen molar-refractivity contribution in [3.05, 3.63) is 143 Å². The van der Waals surface area contributed by atoms with Crippen molar-refractivity contribution in [2.24, 2.45) is 5.92 Å². The molecule has 9 rings (SSSR count). The first-order valence-corrected chi connectivity index (χ1v) is 23.4. The number of benzene rings is 4. The number of anilines is 1. The van der Waals surface area contributed by atoms with E-state index in [1.165, 1.54) is 7.11 Å². The topological polar surface area (TPSA) is 135 Å². The second-order valence-electron chi connectivity index (χ2n) is 17.7. The van der Waals surface area contributed by atoms with Crippen molar-refractivity contribution in [2.45, 2.75) is 87.4 Å². The maximum atomic E-state index is 16.5. The van der Waals surface area contributed by atoms with Crippen molar-refractivity contribution in [3.63, 3.8) is 0 Å². The summed E-state index contributed by atoms with van der Waals surface area (Å²) in [5, 5.41) is 9.61. The van der Waals surface area contributed by atoms with Crippen molar-refractivity contribution in [1.29, 1.82) is 0 Å². The number of carbonyl (C=O) groups excluding carboxylic acids is 4. The number of aliphatic hydroxyl groups excluding tert-OH is 1. The lowest BCUT2D eigenvalue weighted by Gasteiger charge is -2.46. The highest BCUT2D eigenvalue weighted by atomic mass is 16.6. The molecule has 3 fully saturated rings. The lowest BCUT2D eigenvalue weighted by molar-refractivity contribution is -0.179. The van der Waals surface area contributed by atoms with Gasteiger partial charge in [-0.2, -0.15) is 0 Å². The van der Waals surface area contributed by atoms with E-state index in [4.69, 9.17) is 18.9 Å². The summed E-state index contributed by atoms with van der Waals surface area (Å²) < 4.78 is 23.5. The highest BCUT2D eigenvalue weighted by Crippen LogP contribution is 2.66. The fraction of sp³-hybridized carbons (Fsp3) is 0.407. The molecule has 0 aromatic heterocycles. The molecule has 4 heterocycles. The van der Waals surface area contributed by atoms with Gasteiger partial charge in [0.05, 0.1) is 36.9 Å². The Morgan fingerprint density at radius 3 is 2.17 bits per heavy atom. The molecule has 0 radical (unpaired) electrons. The van der Waals surface area contributed by atoms with Crippen molar-refractivity contribution in [3.8, 4) is 17.6 Å². The fourth-order valence-corrected chi connectivity index (χ4v) is 10.9.